The van der Waals surface area contributed by atoms with Gasteiger partial charge in [-0.2, -0.15) is 0 Å². The topological polar surface area (TPSA) is 78.4 Å². The molecule has 1 unspecified atom stereocenters. The van der Waals surface area contributed by atoms with E-state index < -0.39 is 18.0 Å². The van der Waals surface area contributed by atoms with Crippen molar-refractivity contribution in [2.75, 3.05) is 5.32 Å². The molecule has 0 fully saturated rings. The van der Waals surface area contributed by atoms with Crippen molar-refractivity contribution >= 4 is 33.6 Å². The van der Waals surface area contributed by atoms with Gasteiger partial charge in [0.05, 0.1) is 0 Å². The second-order valence-corrected chi connectivity index (χ2v) is 5.34. The molecule has 108 valence electrons. The lowest BCUT2D eigenvalue weighted by Gasteiger charge is -2.16. The van der Waals surface area contributed by atoms with Crippen molar-refractivity contribution in [3.63, 3.8) is 0 Å². The van der Waals surface area contributed by atoms with Crippen LogP contribution in [-0.2, 0) is 4.79 Å². The summed E-state index contributed by atoms with van der Waals surface area (Å²) in [6.07, 6.45) is 1.62. The number of rotatable bonds is 5. The zero-order chi connectivity index (χ0) is 15.3. The van der Waals surface area contributed by atoms with E-state index in [-0.39, 0.29) is 6.42 Å². The zero-order valence-corrected chi connectivity index (χ0v) is 13.0. The van der Waals surface area contributed by atoms with Gasteiger partial charge in [-0.25, -0.2) is 9.59 Å². The fourth-order valence-electron chi connectivity index (χ4n) is 1.80. The van der Waals surface area contributed by atoms with Crippen LogP contribution in [0.25, 0.3) is 0 Å². The Balaban J connectivity index is 2.81. The quantitative estimate of drug-likeness (QED) is 0.720. The summed E-state index contributed by atoms with van der Waals surface area (Å²) in [7, 11) is 0. The van der Waals surface area contributed by atoms with Crippen LogP contribution in [-0.4, -0.2) is 23.1 Å². The SMILES string of the molecule is C=CCC(NC(=O)Nc1c(C)cc(Br)cc1C)C(=O)O. The molecular formula is C14H17BrN2O3. The molecule has 0 spiro atoms. The molecule has 0 saturated heterocycles. The molecule has 1 rings (SSSR count). The van der Waals surface area contributed by atoms with E-state index in [0.717, 1.165) is 15.6 Å². The molecule has 1 aromatic rings. The monoisotopic (exact) mass is 340 g/mol. The van der Waals surface area contributed by atoms with Gasteiger partial charge in [0, 0.05) is 10.2 Å². The number of aliphatic carboxylic acids is 1. The van der Waals surface area contributed by atoms with E-state index in [1.54, 1.807) is 0 Å². The van der Waals surface area contributed by atoms with Crippen LogP contribution >= 0.6 is 15.9 Å². The van der Waals surface area contributed by atoms with Crippen LogP contribution in [0.15, 0.2) is 29.3 Å². The van der Waals surface area contributed by atoms with Gasteiger partial charge < -0.3 is 15.7 Å². The number of carbonyl (C=O) groups is 2. The number of nitrogens with one attached hydrogen (secondary N) is 2. The highest BCUT2D eigenvalue weighted by molar-refractivity contribution is 9.10. The molecule has 0 bridgehead atoms. The van der Waals surface area contributed by atoms with Crippen LogP contribution in [0.2, 0.25) is 0 Å². The zero-order valence-electron chi connectivity index (χ0n) is 11.4. The lowest BCUT2D eigenvalue weighted by molar-refractivity contribution is -0.139. The minimum absolute atomic E-state index is 0.168. The highest BCUT2D eigenvalue weighted by atomic mass is 79.9. The Morgan fingerprint density at radius 3 is 2.40 bits per heavy atom. The van der Waals surface area contributed by atoms with E-state index >= 15 is 0 Å². The van der Waals surface area contributed by atoms with Crippen molar-refractivity contribution in [2.24, 2.45) is 0 Å². The van der Waals surface area contributed by atoms with Crippen LogP contribution < -0.4 is 10.6 Å². The summed E-state index contributed by atoms with van der Waals surface area (Å²) in [6, 6.07) is 2.22. The van der Waals surface area contributed by atoms with Gasteiger partial charge in [-0.1, -0.05) is 22.0 Å². The van der Waals surface area contributed by atoms with Gasteiger partial charge in [0.1, 0.15) is 6.04 Å². The Kier molecular flexibility index (Phi) is 5.76. The summed E-state index contributed by atoms with van der Waals surface area (Å²) in [6.45, 7) is 7.21. The molecule has 0 aliphatic carbocycles. The Morgan fingerprint density at radius 2 is 1.95 bits per heavy atom. The van der Waals surface area contributed by atoms with E-state index in [9.17, 15) is 9.59 Å². The van der Waals surface area contributed by atoms with Crippen LogP contribution in [0, 0.1) is 13.8 Å². The van der Waals surface area contributed by atoms with Crippen LogP contribution in [0.4, 0.5) is 10.5 Å². The Labute approximate surface area is 126 Å². The first-order valence-electron chi connectivity index (χ1n) is 6.03. The van der Waals surface area contributed by atoms with Crippen LogP contribution in [0.5, 0.6) is 0 Å². The van der Waals surface area contributed by atoms with Crippen molar-refractivity contribution in [3.05, 3.63) is 40.4 Å². The third-order valence-corrected chi connectivity index (χ3v) is 3.20. The molecule has 1 aromatic carbocycles. The summed E-state index contributed by atoms with van der Waals surface area (Å²) < 4.78 is 0.925. The maximum atomic E-state index is 11.9. The number of amides is 2. The molecule has 0 aliphatic heterocycles. The minimum atomic E-state index is -1.09. The van der Waals surface area contributed by atoms with Gasteiger partial charge in [-0.3, -0.25) is 0 Å². The normalized spacial score (nSPS) is 11.6. The number of carboxylic acid groups (broad SMARTS) is 1. The maximum absolute atomic E-state index is 11.9. The number of hydrogen-bond donors (Lipinski definition) is 3. The van der Waals surface area contributed by atoms with Crippen LogP contribution in [0.1, 0.15) is 17.5 Å². The Morgan fingerprint density at radius 1 is 1.40 bits per heavy atom. The smallest absolute Gasteiger partial charge is 0.326 e. The third-order valence-electron chi connectivity index (χ3n) is 2.74. The van der Waals surface area contributed by atoms with Gasteiger partial charge in [0.15, 0.2) is 0 Å². The van der Waals surface area contributed by atoms with E-state index in [4.69, 9.17) is 5.11 Å². The highest BCUT2D eigenvalue weighted by Gasteiger charge is 2.18. The van der Waals surface area contributed by atoms with Crippen LogP contribution in [0.3, 0.4) is 0 Å². The summed E-state index contributed by atoms with van der Waals surface area (Å²) in [4.78, 5) is 22.8. The number of halogens is 1. The lowest BCUT2D eigenvalue weighted by atomic mass is 10.1. The minimum Gasteiger partial charge on any atom is -0.480 e. The van der Waals surface area contributed by atoms with Crippen molar-refractivity contribution < 1.29 is 14.7 Å². The van der Waals surface area contributed by atoms with Gasteiger partial charge in [-0.05, 0) is 43.5 Å². The average molecular weight is 341 g/mol. The number of benzene rings is 1. The molecule has 6 heteroatoms. The molecule has 5 nitrogen and oxygen atoms in total. The fourth-order valence-corrected chi connectivity index (χ4v) is 2.49. The molecule has 0 saturated carbocycles. The number of anilines is 1. The molecule has 0 aliphatic rings. The highest BCUT2D eigenvalue weighted by Crippen LogP contribution is 2.24. The summed E-state index contributed by atoms with van der Waals surface area (Å²) >= 11 is 3.38. The Hall–Kier alpha value is -1.82. The number of carbonyl (C=O) groups excluding carboxylic acids is 1. The number of hydrogen-bond acceptors (Lipinski definition) is 2. The number of aryl methyl sites for hydroxylation is 2. The largest absolute Gasteiger partial charge is 0.480 e. The van der Waals surface area contributed by atoms with Crippen molar-refractivity contribution in [1.29, 1.82) is 0 Å². The third kappa shape index (κ3) is 4.38. The second kappa shape index (κ2) is 7.09. The van der Waals surface area contributed by atoms with E-state index in [2.05, 4.69) is 33.1 Å². The summed E-state index contributed by atoms with van der Waals surface area (Å²) in [5.41, 5.74) is 2.46. The van der Waals surface area contributed by atoms with Crippen molar-refractivity contribution in [2.45, 2.75) is 26.3 Å². The van der Waals surface area contributed by atoms with E-state index in [1.165, 1.54) is 6.08 Å². The fraction of sp³-hybridized carbons (Fsp3) is 0.286. The molecule has 0 heterocycles. The molecule has 2 amide bonds. The Bertz CT molecular complexity index is 520. The molecule has 3 N–H and O–H groups in total. The molecule has 0 aromatic heterocycles. The lowest BCUT2D eigenvalue weighted by Crippen LogP contribution is -2.42. The van der Waals surface area contributed by atoms with E-state index in [1.807, 2.05) is 26.0 Å². The predicted octanol–water partition coefficient (Wildman–Crippen LogP) is 3.22. The first-order valence-corrected chi connectivity index (χ1v) is 6.82. The maximum Gasteiger partial charge on any atom is 0.326 e. The standard InChI is InChI=1S/C14H17BrN2O3/c1-4-5-11(13(18)19)16-14(20)17-12-8(2)6-10(15)7-9(12)3/h4,6-7,11H,1,5H2,2-3H3,(H,18,19)(H2,16,17,20). The van der Waals surface area contributed by atoms with Gasteiger partial charge in [0.25, 0.3) is 0 Å². The van der Waals surface area contributed by atoms with Crippen molar-refractivity contribution in [1.82, 2.24) is 5.32 Å². The average Bonchev–Trinajstić information content (AvgIpc) is 2.33. The van der Waals surface area contributed by atoms with Gasteiger partial charge in [0.2, 0.25) is 0 Å². The number of urea groups is 1. The first-order chi connectivity index (χ1) is 9.35. The predicted molar refractivity (Wildman–Crippen MR) is 82.0 cm³/mol. The second-order valence-electron chi connectivity index (χ2n) is 4.43. The number of carboxylic acids is 1. The molecule has 0 radical (unpaired) electrons. The van der Waals surface area contributed by atoms with E-state index in [0.29, 0.717) is 5.69 Å². The van der Waals surface area contributed by atoms with Gasteiger partial charge >= 0.3 is 12.0 Å². The molecule has 1 atom stereocenters. The molecular weight excluding hydrogens is 324 g/mol. The summed E-state index contributed by atoms with van der Waals surface area (Å²) in [5, 5.41) is 14.1. The van der Waals surface area contributed by atoms with Crippen molar-refractivity contribution in [3.8, 4) is 0 Å². The summed E-state index contributed by atoms with van der Waals surface area (Å²) in [5.74, 6) is -1.09. The first kappa shape index (κ1) is 16.2. The molecule has 20 heavy (non-hydrogen) atoms. The van der Waals surface area contributed by atoms with Gasteiger partial charge in [-0.15, -0.1) is 6.58 Å².